The highest BCUT2D eigenvalue weighted by Crippen LogP contribution is 2.29. The van der Waals surface area contributed by atoms with Gasteiger partial charge < -0.3 is 4.74 Å². The molecule has 4 heteroatoms. The summed E-state index contributed by atoms with van der Waals surface area (Å²) in [5.41, 5.74) is -0.530. The Morgan fingerprint density at radius 3 is 2.57 bits per heavy atom. The zero-order chi connectivity index (χ0) is 15.5. The van der Waals surface area contributed by atoms with E-state index >= 15 is 0 Å². The molecule has 2 fully saturated rings. The van der Waals surface area contributed by atoms with Crippen LogP contribution >= 0.6 is 0 Å². The van der Waals surface area contributed by atoms with Crippen LogP contribution in [0.4, 0.5) is 0 Å². The molecule has 1 saturated carbocycles. The van der Waals surface area contributed by atoms with Crippen LogP contribution in [-0.4, -0.2) is 47.7 Å². The number of hydrogen-bond donors (Lipinski definition) is 1. The van der Waals surface area contributed by atoms with Gasteiger partial charge in [0.2, 0.25) is 0 Å². The second kappa shape index (κ2) is 7.10. The molecule has 1 aliphatic heterocycles. The van der Waals surface area contributed by atoms with Crippen molar-refractivity contribution in [2.75, 3.05) is 13.2 Å². The number of likely N-dealkylation sites (tertiary alicyclic amines) is 1. The molecule has 1 saturated heterocycles. The summed E-state index contributed by atoms with van der Waals surface area (Å²) in [7, 11) is 0. The average Bonchev–Trinajstić information content (AvgIpc) is 3.18. The molecule has 4 nitrogen and oxygen atoms in total. The molecule has 1 heterocycles. The van der Waals surface area contributed by atoms with Gasteiger partial charge in [-0.3, -0.25) is 15.0 Å². The van der Waals surface area contributed by atoms with E-state index in [1.165, 1.54) is 32.1 Å². The van der Waals surface area contributed by atoms with Crippen LogP contribution in [0.25, 0.3) is 0 Å². The zero-order valence-electron chi connectivity index (χ0n) is 14.2. The summed E-state index contributed by atoms with van der Waals surface area (Å²) in [5.74, 6) is -0.0863. The molecule has 0 aromatic carbocycles. The highest BCUT2D eigenvalue weighted by Gasteiger charge is 2.41. The highest BCUT2D eigenvalue weighted by atomic mass is 16.5. The van der Waals surface area contributed by atoms with Crippen LogP contribution in [0.15, 0.2) is 0 Å². The topological polar surface area (TPSA) is 41.6 Å². The fourth-order valence-corrected chi connectivity index (χ4v) is 3.52. The lowest BCUT2D eigenvalue weighted by molar-refractivity contribution is -0.151. The van der Waals surface area contributed by atoms with Gasteiger partial charge in [0.1, 0.15) is 5.54 Å². The van der Waals surface area contributed by atoms with Crippen LogP contribution in [0.3, 0.4) is 0 Å². The van der Waals surface area contributed by atoms with E-state index < -0.39 is 5.54 Å². The van der Waals surface area contributed by atoms with Gasteiger partial charge in [-0.15, -0.1) is 0 Å². The maximum Gasteiger partial charge on any atom is 0.326 e. The molecular weight excluding hydrogens is 264 g/mol. The van der Waals surface area contributed by atoms with Crippen LogP contribution in [0.5, 0.6) is 0 Å². The predicted octanol–water partition coefficient (Wildman–Crippen LogP) is 2.71. The molecule has 21 heavy (non-hydrogen) atoms. The van der Waals surface area contributed by atoms with E-state index in [4.69, 9.17) is 4.74 Å². The second-order valence-corrected chi connectivity index (χ2v) is 6.95. The van der Waals surface area contributed by atoms with Crippen molar-refractivity contribution < 1.29 is 9.53 Å². The largest absolute Gasteiger partial charge is 0.465 e. The van der Waals surface area contributed by atoms with E-state index in [1.807, 2.05) is 13.8 Å². The van der Waals surface area contributed by atoms with Crippen molar-refractivity contribution in [1.82, 2.24) is 10.2 Å². The maximum absolute atomic E-state index is 12.4. The van der Waals surface area contributed by atoms with Crippen LogP contribution < -0.4 is 5.32 Å². The molecular formula is C17H32N2O2. The number of hydrogen-bond acceptors (Lipinski definition) is 4. The summed E-state index contributed by atoms with van der Waals surface area (Å²) in [4.78, 5) is 15.0. The summed E-state index contributed by atoms with van der Waals surface area (Å²) in [6, 6.07) is 1.84. The number of ether oxygens (including phenoxy) is 1. The van der Waals surface area contributed by atoms with Gasteiger partial charge in [-0.2, -0.15) is 0 Å². The smallest absolute Gasteiger partial charge is 0.326 e. The third-order valence-corrected chi connectivity index (χ3v) is 5.12. The Kier molecular flexibility index (Phi) is 5.67. The first-order valence-electron chi connectivity index (χ1n) is 8.70. The third-order valence-electron chi connectivity index (χ3n) is 5.12. The summed E-state index contributed by atoms with van der Waals surface area (Å²) in [6.45, 7) is 9.91. The number of carbonyl (C=O) groups excluding carboxylic acids is 1. The molecule has 1 N–H and O–H groups in total. The molecule has 3 atom stereocenters. The summed E-state index contributed by atoms with van der Waals surface area (Å²) < 4.78 is 5.31. The van der Waals surface area contributed by atoms with Gasteiger partial charge in [-0.05, 0) is 59.3 Å². The molecule has 1 aliphatic carbocycles. The van der Waals surface area contributed by atoms with Crippen molar-refractivity contribution in [3.63, 3.8) is 0 Å². The van der Waals surface area contributed by atoms with E-state index in [9.17, 15) is 4.79 Å². The van der Waals surface area contributed by atoms with Crippen molar-refractivity contribution >= 4 is 5.97 Å². The minimum atomic E-state index is -0.530. The van der Waals surface area contributed by atoms with Crippen molar-refractivity contribution in [1.29, 1.82) is 0 Å². The monoisotopic (exact) mass is 296 g/mol. The van der Waals surface area contributed by atoms with E-state index in [-0.39, 0.29) is 5.97 Å². The van der Waals surface area contributed by atoms with E-state index in [0.29, 0.717) is 24.7 Å². The van der Waals surface area contributed by atoms with Gasteiger partial charge in [-0.25, -0.2) is 0 Å². The quantitative estimate of drug-likeness (QED) is 0.699. The Bertz CT molecular complexity index is 357. The fraction of sp³-hybridized carbons (Fsp3) is 0.941. The van der Waals surface area contributed by atoms with E-state index in [0.717, 1.165) is 13.0 Å². The molecule has 0 spiro atoms. The predicted molar refractivity (Wildman–Crippen MR) is 85.3 cm³/mol. The SMILES string of the molecule is CCOC(=O)C(C)(CCN1C(C)CCC1CC)NC1CC1. The molecule has 0 bridgehead atoms. The molecule has 0 aromatic rings. The second-order valence-electron chi connectivity index (χ2n) is 6.95. The van der Waals surface area contributed by atoms with Gasteiger partial charge in [-0.1, -0.05) is 6.92 Å². The number of nitrogens with zero attached hydrogens (tertiary/aromatic N) is 1. The first-order valence-corrected chi connectivity index (χ1v) is 8.70. The van der Waals surface area contributed by atoms with Gasteiger partial charge in [0.15, 0.2) is 0 Å². The maximum atomic E-state index is 12.4. The molecule has 0 radical (unpaired) electrons. The Balaban J connectivity index is 1.95. The van der Waals surface area contributed by atoms with Gasteiger partial charge in [0.05, 0.1) is 6.61 Å². The first-order chi connectivity index (χ1) is 10.00. The van der Waals surface area contributed by atoms with Crippen LogP contribution in [0, 0.1) is 0 Å². The molecule has 0 amide bonds. The minimum Gasteiger partial charge on any atom is -0.465 e. The lowest BCUT2D eigenvalue weighted by Gasteiger charge is -2.34. The van der Waals surface area contributed by atoms with Crippen LogP contribution in [0.2, 0.25) is 0 Å². The molecule has 2 aliphatic rings. The van der Waals surface area contributed by atoms with Gasteiger partial charge in [0, 0.05) is 24.7 Å². The van der Waals surface area contributed by atoms with Crippen molar-refractivity contribution in [2.45, 2.75) is 89.9 Å². The summed E-state index contributed by atoms with van der Waals surface area (Å²) in [6.07, 6.45) is 6.99. The normalized spacial score (nSPS) is 29.3. The molecule has 0 aromatic heterocycles. The van der Waals surface area contributed by atoms with Crippen LogP contribution in [0.1, 0.15) is 66.2 Å². The lowest BCUT2D eigenvalue weighted by atomic mass is 9.96. The molecule has 2 rings (SSSR count). The lowest BCUT2D eigenvalue weighted by Crippen LogP contribution is -2.53. The summed E-state index contributed by atoms with van der Waals surface area (Å²) in [5, 5.41) is 3.52. The van der Waals surface area contributed by atoms with Crippen molar-refractivity contribution in [2.24, 2.45) is 0 Å². The van der Waals surface area contributed by atoms with E-state index in [1.54, 1.807) is 0 Å². The Morgan fingerprint density at radius 2 is 2.00 bits per heavy atom. The molecule has 3 unspecified atom stereocenters. The number of rotatable bonds is 8. The van der Waals surface area contributed by atoms with Gasteiger partial charge >= 0.3 is 5.97 Å². The zero-order valence-corrected chi connectivity index (χ0v) is 14.2. The summed E-state index contributed by atoms with van der Waals surface area (Å²) >= 11 is 0. The highest BCUT2D eigenvalue weighted by molar-refractivity contribution is 5.80. The Morgan fingerprint density at radius 1 is 1.29 bits per heavy atom. The van der Waals surface area contributed by atoms with Gasteiger partial charge in [0.25, 0.3) is 0 Å². The fourth-order valence-electron chi connectivity index (χ4n) is 3.52. The molecule has 122 valence electrons. The van der Waals surface area contributed by atoms with Crippen molar-refractivity contribution in [3.05, 3.63) is 0 Å². The average molecular weight is 296 g/mol. The minimum absolute atomic E-state index is 0.0863. The Labute approximate surface area is 129 Å². The van der Waals surface area contributed by atoms with Crippen LogP contribution in [-0.2, 0) is 9.53 Å². The number of nitrogens with one attached hydrogen (secondary N) is 1. The van der Waals surface area contributed by atoms with Crippen molar-refractivity contribution in [3.8, 4) is 0 Å². The number of esters is 1. The number of carbonyl (C=O) groups is 1. The standard InChI is InChI=1S/C17H32N2O2/c1-5-15-10-7-13(3)19(15)12-11-17(4,16(20)21-6-2)18-14-8-9-14/h13-15,18H,5-12H2,1-4H3. The Hall–Kier alpha value is -0.610. The third kappa shape index (κ3) is 4.19. The van der Waals surface area contributed by atoms with E-state index in [2.05, 4.69) is 24.1 Å². The first kappa shape index (κ1) is 16.8.